The van der Waals surface area contributed by atoms with Crippen LogP contribution in [0.1, 0.15) is 24.1 Å². The van der Waals surface area contributed by atoms with Gasteiger partial charge in [0.2, 0.25) is 11.9 Å². The van der Waals surface area contributed by atoms with Crippen LogP contribution in [0.15, 0.2) is 36.7 Å². The molecule has 0 radical (unpaired) electrons. The Morgan fingerprint density at radius 2 is 1.97 bits per heavy atom. The zero-order valence-corrected chi connectivity index (χ0v) is 17.6. The Morgan fingerprint density at radius 3 is 2.61 bits per heavy atom. The number of benzene rings is 1. The average molecular weight is 427 g/mol. The predicted molar refractivity (Wildman–Crippen MR) is 112 cm³/mol. The molecule has 1 N–H and O–H groups in total. The van der Waals surface area contributed by atoms with E-state index in [1.54, 1.807) is 32.4 Å². The van der Waals surface area contributed by atoms with Gasteiger partial charge in [0.1, 0.15) is 12.4 Å². The number of likely N-dealkylation sites (N-methyl/N-ethyl adjacent to an activating group) is 1. The Hall–Kier alpha value is -3.07. The molecule has 8 nitrogen and oxygen atoms in total. The van der Waals surface area contributed by atoms with E-state index in [0.29, 0.717) is 25.0 Å². The number of rotatable bonds is 6. The number of carbonyl (C=O) groups is 2. The van der Waals surface area contributed by atoms with E-state index in [2.05, 4.69) is 14.9 Å². The van der Waals surface area contributed by atoms with Crippen molar-refractivity contribution in [2.24, 2.45) is 11.8 Å². The summed E-state index contributed by atoms with van der Waals surface area (Å²) < 4.78 is 13.9. The Kier molecular flexibility index (Phi) is 5.86. The highest BCUT2D eigenvalue weighted by molar-refractivity contribution is 5.74. The topological polar surface area (TPSA) is 89.9 Å². The van der Waals surface area contributed by atoms with Crippen LogP contribution in [-0.4, -0.2) is 70.0 Å². The summed E-state index contributed by atoms with van der Waals surface area (Å²) in [7, 11) is 1.64. The molecular weight excluding hydrogens is 401 g/mol. The van der Waals surface area contributed by atoms with E-state index in [9.17, 15) is 14.0 Å². The third-order valence-corrected chi connectivity index (χ3v) is 6.15. The second kappa shape index (κ2) is 8.58. The number of nitrogens with zero attached hydrogens (tertiary/aromatic N) is 5. The molecule has 3 atom stereocenters. The molecule has 4 rings (SSSR count). The lowest BCUT2D eigenvalue weighted by atomic mass is 9.89. The van der Waals surface area contributed by atoms with Crippen LogP contribution in [0.4, 0.5) is 10.3 Å². The van der Waals surface area contributed by atoms with Gasteiger partial charge in [0, 0.05) is 64.0 Å². The molecule has 2 saturated heterocycles. The molecule has 1 aromatic carbocycles. The molecule has 2 aliphatic heterocycles. The minimum Gasteiger partial charge on any atom is -0.480 e. The summed E-state index contributed by atoms with van der Waals surface area (Å²) in [4.78, 5) is 37.3. The summed E-state index contributed by atoms with van der Waals surface area (Å²) in [5, 5.41) is 8.89. The largest absolute Gasteiger partial charge is 0.480 e. The van der Waals surface area contributed by atoms with Crippen molar-refractivity contribution in [2.45, 2.75) is 19.5 Å². The maximum Gasteiger partial charge on any atom is 0.323 e. The van der Waals surface area contributed by atoms with Crippen molar-refractivity contribution in [1.82, 2.24) is 19.8 Å². The van der Waals surface area contributed by atoms with Crippen molar-refractivity contribution < 1.29 is 19.1 Å². The van der Waals surface area contributed by atoms with Gasteiger partial charge in [-0.25, -0.2) is 14.4 Å². The zero-order chi connectivity index (χ0) is 22.1. The van der Waals surface area contributed by atoms with Crippen LogP contribution in [0.5, 0.6) is 0 Å². The molecule has 2 fully saturated rings. The summed E-state index contributed by atoms with van der Waals surface area (Å²) in [5.41, 5.74) is 1.79. The van der Waals surface area contributed by atoms with Crippen molar-refractivity contribution in [3.63, 3.8) is 0 Å². The number of amides is 1. The molecule has 164 valence electrons. The summed E-state index contributed by atoms with van der Waals surface area (Å²) in [6.45, 7) is 4.41. The minimum atomic E-state index is -0.939. The smallest absolute Gasteiger partial charge is 0.323 e. The molecule has 0 aliphatic carbocycles. The number of fused-ring (bicyclic) bond motifs is 1. The molecule has 31 heavy (non-hydrogen) atoms. The lowest BCUT2D eigenvalue weighted by molar-refractivity contribution is -0.135. The number of aliphatic carboxylic acids is 1. The fourth-order valence-electron chi connectivity index (χ4n) is 4.87. The predicted octanol–water partition coefficient (Wildman–Crippen LogP) is 1.79. The maximum absolute atomic E-state index is 13.9. The number of aromatic nitrogens is 2. The van der Waals surface area contributed by atoms with Crippen molar-refractivity contribution in [1.29, 1.82) is 0 Å². The van der Waals surface area contributed by atoms with Crippen molar-refractivity contribution in [3.8, 4) is 0 Å². The molecule has 0 unspecified atom stereocenters. The Bertz CT molecular complexity index is 970. The van der Waals surface area contributed by atoms with Crippen molar-refractivity contribution >= 4 is 17.8 Å². The third-order valence-electron chi connectivity index (χ3n) is 6.15. The quantitative estimate of drug-likeness (QED) is 0.752. The van der Waals surface area contributed by atoms with Gasteiger partial charge < -0.3 is 14.9 Å². The molecular formula is C22H26FN5O3. The van der Waals surface area contributed by atoms with Crippen LogP contribution in [0.25, 0.3) is 0 Å². The van der Waals surface area contributed by atoms with E-state index >= 15 is 0 Å². The van der Waals surface area contributed by atoms with Gasteiger partial charge in [-0.15, -0.1) is 0 Å². The number of hydrogen-bond donors (Lipinski definition) is 1. The highest BCUT2D eigenvalue weighted by Crippen LogP contribution is 2.45. The lowest BCUT2D eigenvalue weighted by Crippen LogP contribution is -2.34. The standard InChI is InChI=1S/C22H26FN5O3/c1-14(29)28-11-17-10-27(12-19(17)21(28)16-4-3-5-18(23)6-16)9-15-7-24-22(25-8-15)26(2)13-20(30)31/h3-8,17,19,21H,9-13H2,1-2H3,(H,30,31)/t17-,19-,21-/m1/s1. The Balaban J connectivity index is 1.45. The van der Waals surface area contributed by atoms with Gasteiger partial charge in [-0.2, -0.15) is 0 Å². The molecule has 2 aromatic rings. The fourth-order valence-corrected chi connectivity index (χ4v) is 4.87. The van der Waals surface area contributed by atoms with E-state index in [1.165, 1.54) is 17.0 Å². The second-order valence-corrected chi connectivity index (χ2v) is 8.43. The number of likely N-dealkylation sites (tertiary alicyclic amines) is 2. The van der Waals surface area contributed by atoms with Crippen LogP contribution in [0.2, 0.25) is 0 Å². The van der Waals surface area contributed by atoms with Gasteiger partial charge in [0.15, 0.2) is 0 Å². The molecule has 9 heteroatoms. The first-order valence-corrected chi connectivity index (χ1v) is 10.3. The molecule has 2 aliphatic rings. The average Bonchev–Trinajstić information content (AvgIpc) is 3.25. The molecule has 1 amide bonds. The van der Waals surface area contributed by atoms with Gasteiger partial charge in [0.05, 0.1) is 6.04 Å². The summed E-state index contributed by atoms with van der Waals surface area (Å²) >= 11 is 0. The minimum absolute atomic E-state index is 0.0182. The van der Waals surface area contributed by atoms with Crippen LogP contribution < -0.4 is 4.90 Å². The first-order chi connectivity index (χ1) is 14.8. The van der Waals surface area contributed by atoms with Gasteiger partial charge >= 0.3 is 5.97 Å². The van der Waals surface area contributed by atoms with Crippen LogP contribution in [0.3, 0.4) is 0 Å². The first kappa shape index (κ1) is 21.2. The van der Waals surface area contributed by atoms with Crippen LogP contribution in [0, 0.1) is 17.7 Å². The Morgan fingerprint density at radius 1 is 1.23 bits per heavy atom. The van der Waals surface area contributed by atoms with Gasteiger partial charge in [0.25, 0.3) is 0 Å². The lowest BCUT2D eigenvalue weighted by Gasteiger charge is -2.29. The monoisotopic (exact) mass is 427 g/mol. The fraction of sp³-hybridized carbons (Fsp3) is 0.455. The molecule has 1 aromatic heterocycles. The van der Waals surface area contributed by atoms with Crippen LogP contribution >= 0.6 is 0 Å². The SMILES string of the molecule is CC(=O)N1C[C@H]2CN(Cc3cnc(N(C)CC(=O)O)nc3)C[C@H]2[C@H]1c1cccc(F)c1. The zero-order valence-electron chi connectivity index (χ0n) is 17.6. The van der Waals surface area contributed by atoms with Gasteiger partial charge in [-0.05, 0) is 23.6 Å². The maximum atomic E-state index is 13.9. The van der Waals surface area contributed by atoms with Crippen LogP contribution in [-0.2, 0) is 16.1 Å². The summed E-state index contributed by atoms with van der Waals surface area (Å²) in [6, 6.07) is 6.43. The number of hydrogen-bond acceptors (Lipinski definition) is 6. The molecule has 3 heterocycles. The number of carboxylic acids is 1. The van der Waals surface area contributed by atoms with Crippen molar-refractivity contribution in [3.05, 3.63) is 53.6 Å². The summed E-state index contributed by atoms with van der Waals surface area (Å²) in [6.07, 6.45) is 3.45. The number of halogens is 1. The van der Waals surface area contributed by atoms with E-state index in [-0.39, 0.29) is 30.2 Å². The van der Waals surface area contributed by atoms with E-state index in [0.717, 1.165) is 24.2 Å². The second-order valence-electron chi connectivity index (χ2n) is 8.43. The highest BCUT2D eigenvalue weighted by atomic mass is 19.1. The molecule has 0 bridgehead atoms. The number of anilines is 1. The Labute approximate surface area is 180 Å². The third kappa shape index (κ3) is 4.51. The first-order valence-electron chi connectivity index (χ1n) is 10.3. The van der Waals surface area contributed by atoms with E-state index in [4.69, 9.17) is 5.11 Å². The summed E-state index contributed by atoms with van der Waals surface area (Å²) in [5.74, 6) is -0.264. The highest BCUT2D eigenvalue weighted by Gasteiger charge is 2.48. The number of carbonyl (C=O) groups excluding carboxylic acids is 1. The number of carboxylic acid groups (broad SMARTS) is 1. The van der Waals surface area contributed by atoms with Gasteiger partial charge in [-0.1, -0.05) is 12.1 Å². The molecule has 0 spiro atoms. The molecule has 0 saturated carbocycles. The van der Waals surface area contributed by atoms with E-state index in [1.807, 2.05) is 11.0 Å². The normalized spacial score (nSPS) is 23.1. The van der Waals surface area contributed by atoms with E-state index < -0.39 is 5.97 Å². The van der Waals surface area contributed by atoms with Gasteiger partial charge in [-0.3, -0.25) is 14.5 Å². The van der Waals surface area contributed by atoms with Crippen molar-refractivity contribution in [2.75, 3.05) is 38.1 Å².